The van der Waals surface area contributed by atoms with Gasteiger partial charge in [0.05, 0.1) is 39.9 Å². The first-order valence-electron chi connectivity index (χ1n) is 32.1. The van der Waals surface area contributed by atoms with Crippen molar-refractivity contribution in [2.75, 3.05) is 40.9 Å². The predicted molar refractivity (Wildman–Crippen MR) is 334 cm³/mol. The van der Waals surface area contributed by atoms with Crippen molar-refractivity contribution in [3.63, 3.8) is 0 Å². The van der Waals surface area contributed by atoms with Gasteiger partial charge in [0.1, 0.15) is 13.2 Å². The van der Waals surface area contributed by atoms with Crippen LogP contribution in [0.1, 0.15) is 277 Å². The molecule has 0 bridgehead atoms. The number of quaternary nitrogens is 1. The smallest absolute Gasteiger partial charge is 0.268 e. The first-order valence-corrected chi connectivity index (χ1v) is 33.5. The molecule has 3 atom stereocenters. The monoisotopic (exact) mass is 1090 g/mol. The van der Waals surface area contributed by atoms with Crippen molar-refractivity contribution in [3.8, 4) is 0 Å². The molecule has 9 heteroatoms. The highest BCUT2D eigenvalue weighted by Crippen LogP contribution is 2.38. The summed E-state index contributed by atoms with van der Waals surface area (Å²) in [6.45, 7) is 4.59. The molecule has 3 unspecified atom stereocenters. The third kappa shape index (κ3) is 60.9. The summed E-state index contributed by atoms with van der Waals surface area (Å²) >= 11 is 0. The average Bonchev–Trinajstić information content (AvgIpc) is 3.39. The molecule has 0 aromatic carbocycles. The van der Waals surface area contributed by atoms with Crippen LogP contribution < -0.4 is 10.2 Å². The SMILES string of the molecule is CC/C=C\C/C=C\C/C=C\C/C=C\C/C=C\C/C=C\C/C=C\C/C=C\CCCCC(=O)NC(COP(=O)([O-])OCC[N+](C)(C)C)C(O)CCCCCCCCCCCCCCCCCCCCCCCCCCCCCC. The Morgan fingerprint density at radius 3 is 1.13 bits per heavy atom. The lowest BCUT2D eigenvalue weighted by Crippen LogP contribution is -2.46. The van der Waals surface area contributed by atoms with Crippen molar-refractivity contribution in [2.45, 2.75) is 289 Å². The summed E-state index contributed by atoms with van der Waals surface area (Å²) in [5, 5.41) is 14.0. The van der Waals surface area contributed by atoms with Crippen LogP contribution in [0.15, 0.2) is 97.2 Å². The fourth-order valence-electron chi connectivity index (χ4n) is 9.12. The summed E-state index contributed by atoms with van der Waals surface area (Å²) < 4.78 is 23.5. The predicted octanol–water partition coefficient (Wildman–Crippen LogP) is 19.5. The van der Waals surface area contributed by atoms with E-state index in [1.165, 1.54) is 161 Å². The third-order valence-corrected chi connectivity index (χ3v) is 15.1. The van der Waals surface area contributed by atoms with Crippen molar-refractivity contribution >= 4 is 13.7 Å². The first kappa shape index (κ1) is 74.4. The Bertz CT molecular complexity index is 1570. The second-order valence-electron chi connectivity index (χ2n) is 22.7. The van der Waals surface area contributed by atoms with Gasteiger partial charge in [0.15, 0.2) is 0 Å². The molecule has 0 rings (SSSR count). The van der Waals surface area contributed by atoms with E-state index < -0.39 is 20.0 Å². The molecular formula is C68H123N2O6P. The van der Waals surface area contributed by atoms with Gasteiger partial charge in [0.2, 0.25) is 5.91 Å². The molecule has 0 saturated carbocycles. The van der Waals surface area contributed by atoms with E-state index in [9.17, 15) is 19.4 Å². The first-order chi connectivity index (χ1) is 37.5. The molecule has 0 aromatic heterocycles. The number of nitrogens with zero attached hydrogens (tertiary/aromatic N) is 1. The third-order valence-electron chi connectivity index (χ3n) is 14.1. The Hall–Kier alpha value is -2.58. The van der Waals surface area contributed by atoms with Crippen molar-refractivity contribution < 1.29 is 32.9 Å². The summed E-state index contributed by atoms with van der Waals surface area (Å²) in [5.74, 6) is -0.207. The number of hydrogen-bond acceptors (Lipinski definition) is 6. The Labute approximate surface area is 477 Å². The van der Waals surface area contributed by atoms with Crippen LogP contribution in [0.3, 0.4) is 0 Å². The highest BCUT2D eigenvalue weighted by Gasteiger charge is 2.24. The van der Waals surface area contributed by atoms with E-state index in [1.807, 2.05) is 21.1 Å². The normalized spacial score (nSPS) is 14.4. The van der Waals surface area contributed by atoms with Gasteiger partial charge in [-0.1, -0.05) is 291 Å². The zero-order valence-electron chi connectivity index (χ0n) is 50.9. The van der Waals surface area contributed by atoms with Crippen molar-refractivity contribution in [1.29, 1.82) is 0 Å². The largest absolute Gasteiger partial charge is 0.756 e. The summed E-state index contributed by atoms with van der Waals surface area (Å²) in [4.78, 5) is 25.6. The van der Waals surface area contributed by atoms with Crippen molar-refractivity contribution in [1.82, 2.24) is 5.32 Å². The van der Waals surface area contributed by atoms with Crippen LogP contribution in [-0.2, 0) is 18.4 Å². The van der Waals surface area contributed by atoms with Crippen molar-refractivity contribution in [2.24, 2.45) is 0 Å². The van der Waals surface area contributed by atoms with Crippen LogP contribution in [0.25, 0.3) is 0 Å². The fourth-order valence-corrected chi connectivity index (χ4v) is 9.84. The maximum absolute atomic E-state index is 13.0. The number of allylic oxidation sites excluding steroid dienone is 16. The lowest BCUT2D eigenvalue weighted by Gasteiger charge is -2.30. The molecule has 0 spiro atoms. The molecule has 2 N–H and O–H groups in total. The number of phosphoric ester groups is 1. The van der Waals surface area contributed by atoms with E-state index >= 15 is 0 Å². The maximum atomic E-state index is 13.0. The number of rotatable bonds is 58. The van der Waals surface area contributed by atoms with Gasteiger partial charge in [-0.25, -0.2) is 0 Å². The van der Waals surface area contributed by atoms with Crippen LogP contribution in [0.4, 0.5) is 0 Å². The van der Waals surface area contributed by atoms with Gasteiger partial charge in [-0.3, -0.25) is 9.36 Å². The van der Waals surface area contributed by atoms with Gasteiger partial charge in [-0.05, 0) is 77.0 Å². The summed E-state index contributed by atoms with van der Waals surface area (Å²) in [6, 6.07) is -0.833. The van der Waals surface area contributed by atoms with Crippen LogP contribution in [0.2, 0.25) is 0 Å². The number of likely N-dealkylation sites (N-methyl/N-ethyl adjacent to an activating group) is 1. The minimum Gasteiger partial charge on any atom is -0.756 e. The maximum Gasteiger partial charge on any atom is 0.268 e. The minimum atomic E-state index is -4.60. The Kier molecular flexibility index (Phi) is 56.1. The number of amides is 1. The summed E-state index contributed by atoms with van der Waals surface area (Å²) in [5.41, 5.74) is 0. The zero-order valence-corrected chi connectivity index (χ0v) is 51.8. The Balaban J connectivity index is 4.21. The van der Waals surface area contributed by atoms with Crippen LogP contribution in [-0.4, -0.2) is 68.5 Å². The highest BCUT2D eigenvalue weighted by atomic mass is 31.2. The molecule has 0 heterocycles. The van der Waals surface area contributed by atoms with Gasteiger partial charge in [-0.2, -0.15) is 0 Å². The quantitative estimate of drug-likeness (QED) is 0.0272. The Morgan fingerprint density at radius 2 is 0.792 bits per heavy atom. The summed E-state index contributed by atoms with van der Waals surface area (Å²) in [7, 11) is 1.27. The molecule has 8 nitrogen and oxygen atoms in total. The molecule has 446 valence electrons. The molecule has 0 aliphatic rings. The number of aliphatic hydroxyl groups excluding tert-OH is 1. The van der Waals surface area contributed by atoms with Gasteiger partial charge in [-0.15, -0.1) is 0 Å². The number of hydrogen-bond donors (Lipinski definition) is 2. The molecule has 0 aromatic rings. The molecule has 0 fully saturated rings. The fraction of sp³-hybridized carbons (Fsp3) is 0.750. The number of carbonyl (C=O) groups is 1. The molecule has 77 heavy (non-hydrogen) atoms. The summed E-state index contributed by atoms with van der Waals surface area (Å²) in [6.07, 6.45) is 83.2. The number of phosphoric acid groups is 1. The van der Waals surface area contributed by atoms with E-state index in [0.717, 1.165) is 83.5 Å². The highest BCUT2D eigenvalue weighted by molar-refractivity contribution is 7.45. The topological polar surface area (TPSA) is 108 Å². The molecular weight excluding hydrogens is 972 g/mol. The van der Waals surface area contributed by atoms with E-state index in [0.29, 0.717) is 30.3 Å². The molecule has 0 aliphatic heterocycles. The van der Waals surface area contributed by atoms with Crippen LogP contribution in [0, 0.1) is 0 Å². The number of carbonyl (C=O) groups excluding carboxylic acids is 1. The molecule has 1 amide bonds. The van der Waals surface area contributed by atoms with Crippen molar-refractivity contribution in [3.05, 3.63) is 97.2 Å². The number of nitrogens with one attached hydrogen (secondary N) is 1. The average molecular weight is 1100 g/mol. The van der Waals surface area contributed by atoms with Gasteiger partial charge in [0.25, 0.3) is 7.82 Å². The lowest BCUT2D eigenvalue weighted by molar-refractivity contribution is -0.870. The second-order valence-corrected chi connectivity index (χ2v) is 24.2. The molecule has 0 saturated heterocycles. The standard InChI is InChI=1S/C68H123N2O6P/c1-6-8-10-12-14-16-18-20-22-24-26-28-30-32-34-36-37-39-41-43-45-47-49-51-53-55-57-59-61-67(71)66(65-76-77(73,74)75-64-63-70(3,4)5)69-68(72)62-60-58-56-54-52-50-48-46-44-42-40-38-35-33-31-29-27-25-23-21-19-17-15-13-11-9-7-2/h9,11,15,17,21,23,27,29,33,35,40,42,46,48,52,54,66-67,71H,6-8,10,12-14,16,18-20,22,24-26,28,30-32,34,36-39,41,43-45,47,49-51,53,55-65H2,1-5H3,(H-,69,72,73,74)/b11-9-,17-15-,23-21-,29-27-,35-33-,42-40-,48-46-,54-52-. The van der Waals surface area contributed by atoms with E-state index in [-0.39, 0.29) is 19.1 Å². The number of aliphatic hydroxyl groups is 1. The minimum absolute atomic E-state index is 0.00144. The number of unbranched alkanes of at least 4 members (excludes halogenated alkanes) is 29. The lowest BCUT2D eigenvalue weighted by atomic mass is 10.0. The van der Waals surface area contributed by atoms with E-state index in [1.54, 1.807) is 0 Å². The molecule has 0 aliphatic carbocycles. The van der Waals surface area contributed by atoms with Crippen LogP contribution in [0.5, 0.6) is 0 Å². The Morgan fingerprint density at radius 1 is 0.468 bits per heavy atom. The van der Waals surface area contributed by atoms with Gasteiger partial charge in [0, 0.05) is 6.42 Å². The van der Waals surface area contributed by atoms with Gasteiger partial charge < -0.3 is 28.8 Å². The molecule has 0 radical (unpaired) electrons. The second kappa shape index (κ2) is 58.1. The van der Waals surface area contributed by atoms with Crippen LogP contribution >= 0.6 is 7.82 Å². The van der Waals surface area contributed by atoms with E-state index in [2.05, 4.69) is 116 Å². The van der Waals surface area contributed by atoms with Gasteiger partial charge >= 0.3 is 0 Å². The zero-order chi connectivity index (χ0) is 56.3. The van der Waals surface area contributed by atoms with E-state index in [4.69, 9.17) is 9.05 Å².